The SMILES string of the molecule is O=CNCC(NC=O)c1ccccc1. The second-order valence-electron chi connectivity index (χ2n) is 2.77. The van der Waals surface area contributed by atoms with Gasteiger partial charge in [0.05, 0.1) is 6.04 Å². The van der Waals surface area contributed by atoms with Gasteiger partial charge in [-0.1, -0.05) is 30.3 Å². The molecular weight excluding hydrogens is 180 g/mol. The number of hydrogen-bond acceptors (Lipinski definition) is 2. The van der Waals surface area contributed by atoms with Gasteiger partial charge in [-0.05, 0) is 5.56 Å². The second kappa shape index (κ2) is 5.75. The second-order valence-corrected chi connectivity index (χ2v) is 2.77. The highest BCUT2D eigenvalue weighted by atomic mass is 16.1. The summed E-state index contributed by atoms with van der Waals surface area (Å²) >= 11 is 0. The summed E-state index contributed by atoms with van der Waals surface area (Å²) in [7, 11) is 0. The molecule has 0 fully saturated rings. The van der Waals surface area contributed by atoms with Crippen molar-refractivity contribution in [2.24, 2.45) is 0 Å². The van der Waals surface area contributed by atoms with Gasteiger partial charge in [-0.2, -0.15) is 0 Å². The maximum atomic E-state index is 10.3. The van der Waals surface area contributed by atoms with Crippen LogP contribution in [0, 0.1) is 0 Å². The summed E-state index contributed by atoms with van der Waals surface area (Å²) in [4.78, 5) is 20.4. The van der Waals surface area contributed by atoms with E-state index in [2.05, 4.69) is 10.6 Å². The summed E-state index contributed by atoms with van der Waals surface area (Å²) in [6, 6.07) is 9.29. The van der Waals surface area contributed by atoms with E-state index in [1.54, 1.807) is 0 Å². The van der Waals surface area contributed by atoms with Crippen molar-refractivity contribution in [3.8, 4) is 0 Å². The highest BCUT2D eigenvalue weighted by Crippen LogP contribution is 2.10. The molecule has 4 heteroatoms. The monoisotopic (exact) mass is 192 g/mol. The van der Waals surface area contributed by atoms with Gasteiger partial charge in [-0.25, -0.2) is 0 Å². The van der Waals surface area contributed by atoms with Gasteiger partial charge in [0, 0.05) is 6.54 Å². The largest absolute Gasteiger partial charge is 0.356 e. The zero-order chi connectivity index (χ0) is 10.2. The van der Waals surface area contributed by atoms with Crippen molar-refractivity contribution < 1.29 is 9.59 Å². The molecule has 0 saturated heterocycles. The van der Waals surface area contributed by atoms with Crippen LogP contribution in [0.25, 0.3) is 0 Å². The molecule has 1 rings (SSSR count). The molecule has 0 aliphatic carbocycles. The van der Waals surface area contributed by atoms with Crippen LogP contribution in [0.2, 0.25) is 0 Å². The number of hydrogen-bond donors (Lipinski definition) is 2. The van der Waals surface area contributed by atoms with E-state index in [4.69, 9.17) is 0 Å². The van der Waals surface area contributed by atoms with Gasteiger partial charge in [0.15, 0.2) is 0 Å². The van der Waals surface area contributed by atoms with E-state index < -0.39 is 0 Å². The fourth-order valence-corrected chi connectivity index (χ4v) is 1.21. The Morgan fingerprint density at radius 1 is 1.14 bits per heavy atom. The lowest BCUT2D eigenvalue weighted by Crippen LogP contribution is -2.30. The minimum Gasteiger partial charge on any atom is -0.356 e. The van der Waals surface area contributed by atoms with Crippen LogP contribution in [0.15, 0.2) is 30.3 Å². The summed E-state index contributed by atoms with van der Waals surface area (Å²) in [6.07, 6.45) is 1.24. The van der Waals surface area contributed by atoms with Crippen LogP contribution < -0.4 is 10.6 Å². The Labute approximate surface area is 82.3 Å². The topological polar surface area (TPSA) is 58.2 Å². The van der Waals surface area contributed by atoms with E-state index >= 15 is 0 Å². The van der Waals surface area contributed by atoms with Crippen LogP contribution in [-0.4, -0.2) is 19.4 Å². The van der Waals surface area contributed by atoms with Crippen LogP contribution in [0.1, 0.15) is 11.6 Å². The predicted molar refractivity (Wildman–Crippen MR) is 52.4 cm³/mol. The molecule has 0 aliphatic rings. The van der Waals surface area contributed by atoms with E-state index in [1.807, 2.05) is 30.3 Å². The van der Waals surface area contributed by atoms with Crippen molar-refractivity contribution in [1.82, 2.24) is 10.6 Å². The molecule has 1 atom stereocenters. The third-order valence-electron chi connectivity index (χ3n) is 1.88. The number of amides is 2. The molecular formula is C10H12N2O2. The van der Waals surface area contributed by atoms with Crippen LogP contribution in [0.4, 0.5) is 0 Å². The lowest BCUT2D eigenvalue weighted by Gasteiger charge is -2.15. The van der Waals surface area contributed by atoms with Crippen molar-refractivity contribution in [3.63, 3.8) is 0 Å². The number of rotatable bonds is 6. The molecule has 1 aromatic carbocycles. The number of carbonyl (C=O) groups is 2. The smallest absolute Gasteiger partial charge is 0.207 e. The molecule has 14 heavy (non-hydrogen) atoms. The van der Waals surface area contributed by atoms with Gasteiger partial charge >= 0.3 is 0 Å². The third-order valence-corrected chi connectivity index (χ3v) is 1.88. The van der Waals surface area contributed by atoms with E-state index in [0.717, 1.165) is 5.56 Å². The molecule has 0 radical (unpaired) electrons. The standard InChI is InChI=1S/C10H12N2O2/c13-7-11-6-10(12-8-14)9-4-2-1-3-5-9/h1-5,7-8,10H,6H2,(H,11,13)(H,12,14). The minimum atomic E-state index is -0.168. The molecule has 0 saturated carbocycles. The molecule has 74 valence electrons. The summed E-state index contributed by atoms with van der Waals surface area (Å²) in [5.41, 5.74) is 0.967. The highest BCUT2D eigenvalue weighted by molar-refractivity contribution is 5.49. The first-order valence-electron chi connectivity index (χ1n) is 4.30. The molecule has 2 N–H and O–H groups in total. The number of benzene rings is 1. The van der Waals surface area contributed by atoms with Crippen molar-refractivity contribution in [1.29, 1.82) is 0 Å². The van der Waals surface area contributed by atoms with Gasteiger partial charge in [0.1, 0.15) is 0 Å². The first kappa shape index (κ1) is 10.2. The van der Waals surface area contributed by atoms with Gasteiger partial charge in [0.25, 0.3) is 0 Å². The summed E-state index contributed by atoms with van der Waals surface area (Å²) in [6.45, 7) is 0.395. The number of nitrogens with one attached hydrogen (secondary N) is 2. The first-order chi connectivity index (χ1) is 6.88. The van der Waals surface area contributed by atoms with E-state index in [9.17, 15) is 9.59 Å². The minimum absolute atomic E-state index is 0.168. The van der Waals surface area contributed by atoms with Gasteiger partial charge in [-0.15, -0.1) is 0 Å². The van der Waals surface area contributed by atoms with E-state index in [-0.39, 0.29) is 6.04 Å². The summed E-state index contributed by atoms with van der Waals surface area (Å²) in [5.74, 6) is 0. The van der Waals surface area contributed by atoms with Gasteiger partial charge in [-0.3, -0.25) is 9.59 Å². The Bertz CT molecular complexity index is 287. The maximum absolute atomic E-state index is 10.3. The quantitative estimate of drug-likeness (QED) is 0.633. The van der Waals surface area contributed by atoms with Gasteiger partial charge in [0.2, 0.25) is 12.8 Å². The van der Waals surface area contributed by atoms with Crippen molar-refractivity contribution >= 4 is 12.8 Å². The maximum Gasteiger partial charge on any atom is 0.207 e. The average molecular weight is 192 g/mol. The Morgan fingerprint density at radius 3 is 2.43 bits per heavy atom. The van der Waals surface area contributed by atoms with Crippen LogP contribution in [-0.2, 0) is 9.59 Å². The Balaban J connectivity index is 2.66. The molecule has 1 unspecified atom stereocenters. The van der Waals surface area contributed by atoms with Crippen LogP contribution in [0.5, 0.6) is 0 Å². The lowest BCUT2D eigenvalue weighted by atomic mass is 10.1. The zero-order valence-corrected chi connectivity index (χ0v) is 7.64. The molecule has 4 nitrogen and oxygen atoms in total. The predicted octanol–water partition coefficient (Wildman–Crippen LogP) is 0.220. The van der Waals surface area contributed by atoms with Gasteiger partial charge < -0.3 is 10.6 Å². The molecule has 1 aromatic rings. The van der Waals surface area contributed by atoms with Crippen molar-refractivity contribution in [3.05, 3.63) is 35.9 Å². The zero-order valence-electron chi connectivity index (χ0n) is 7.64. The van der Waals surface area contributed by atoms with Crippen LogP contribution >= 0.6 is 0 Å². The Morgan fingerprint density at radius 2 is 1.86 bits per heavy atom. The number of carbonyl (C=O) groups excluding carboxylic acids is 2. The molecule has 0 heterocycles. The lowest BCUT2D eigenvalue weighted by molar-refractivity contribution is -0.111. The Kier molecular flexibility index (Phi) is 4.20. The Hall–Kier alpha value is -1.84. The normalized spacial score (nSPS) is 11.4. The summed E-state index contributed by atoms with van der Waals surface area (Å²) < 4.78 is 0. The first-order valence-corrected chi connectivity index (χ1v) is 4.30. The van der Waals surface area contributed by atoms with E-state index in [1.165, 1.54) is 0 Å². The third kappa shape index (κ3) is 2.90. The fraction of sp³-hybridized carbons (Fsp3) is 0.200. The molecule has 0 spiro atoms. The fourth-order valence-electron chi connectivity index (χ4n) is 1.21. The van der Waals surface area contributed by atoms with E-state index in [0.29, 0.717) is 19.4 Å². The molecule has 0 bridgehead atoms. The molecule has 0 aliphatic heterocycles. The highest BCUT2D eigenvalue weighted by Gasteiger charge is 2.08. The molecule has 0 aromatic heterocycles. The van der Waals surface area contributed by atoms with Crippen LogP contribution in [0.3, 0.4) is 0 Å². The van der Waals surface area contributed by atoms with Crippen molar-refractivity contribution in [2.75, 3.05) is 6.54 Å². The molecule has 2 amide bonds. The van der Waals surface area contributed by atoms with Crippen molar-refractivity contribution in [2.45, 2.75) is 6.04 Å². The summed E-state index contributed by atoms with van der Waals surface area (Å²) in [5, 5.41) is 5.16. The average Bonchev–Trinajstić information content (AvgIpc) is 2.25.